The van der Waals surface area contributed by atoms with Crippen molar-refractivity contribution in [1.82, 2.24) is 9.88 Å². The van der Waals surface area contributed by atoms with Crippen LogP contribution in [0.1, 0.15) is 10.4 Å². The van der Waals surface area contributed by atoms with Gasteiger partial charge in [-0.25, -0.2) is 4.98 Å². The molecule has 0 bridgehead atoms. The average molecular weight is 386 g/mol. The highest BCUT2D eigenvalue weighted by atomic mass is 35.5. The maximum atomic E-state index is 12.1. The number of morpholine rings is 1. The van der Waals surface area contributed by atoms with Gasteiger partial charge in [-0.2, -0.15) is 0 Å². The molecule has 2 aromatic rings. The van der Waals surface area contributed by atoms with Gasteiger partial charge in [0, 0.05) is 30.6 Å². The molecule has 1 fully saturated rings. The van der Waals surface area contributed by atoms with Crippen molar-refractivity contribution in [3.8, 4) is 0 Å². The van der Waals surface area contributed by atoms with Crippen LogP contribution in [0.3, 0.4) is 0 Å². The zero-order chi connectivity index (χ0) is 16.9. The summed E-state index contributed by atoms with van der Waals surface area (Å²) in [7, 11) is 0. The molecule has 3 rings (SSSR count). The molecule has 128 valence electrons. The minimum Gasteiger partial charge on any atom is -0.379 e. The van der Waals surface area contributed by atoms with E-state index >= 15 is 0 Å². The number of nitrogens with one attached hydrogen (secondary N) is 1. The summed E-state index contributed by atoms with van der Waals surface area (Å²) in [6.07, 6.45) is 2.48. The number of carbonyl (C=O) groups is 1. The molecule has 0 saturated carbocycles. The third-order valence-corrected chi connectivity index (χ3v) is 5.28. The predicted molar refractivity (Wildman–Crippen MR) is 97.3 cm³/mol. The lowest BCUT2D eigenvalue weighted by atomic mass is 10.1. The standard InChI is InChI=1S/C16H17Cl2N3O2S/c17-13-2-1-11(8-14(13)18)7-12-9-19-16(24-12)20-15(22)10-21-3-5-23-6-4-21/h1-2,8-9H,3-7,10H2,(H,19,20,22). The van der Waals surface area contributed by atoms with Gasteiger partial charge in [-0.3, -0.25) is 9.69 Å². The second-order valence-corrected chi connectivity index (χ2v) is 7.42. The number of halogens is 2. The van der Waals surface area contributed by atoms with E-state index in [4.69, 9.17) is 27.9 Å². The molecule has 0 spiro atoms. The third-order valence-electron chi connectivity index (χ3n) is 3.63. The summed E-state index contributed by atoms with van der Waals surface area (Å²) >= 11 is 13.4. The van der Waals surface area contributed by atoms with Crippen LogP contribution >= 0.6 is 34.5 Å². The van der Waals surface area contributed by atoms with E-state index in [2.05, 4.69) is 15.2 Å². The molecule has 1 N–H and O–H groups in total. The van der Waals surface area contributed by atoms with E-state index in [1.165, 1.54) is 11.3 Å². The maximum Gasteiger partial charge on any atom is 0.240 e. The summed E-state index contributed by atoms with van der Waals surface area (Å²) in [5, 5.41) is 4.55. The van der Waals surface area contributed by atoms with Crippen LogP contribution in [0.5, 0.6) is 0 Å². The number of rotatable bonds is 5. The van der Waals surface area contributed by atoms with Crippen molar-refractivity contribution in [2.45, 2.75) is 6.42 Å². The van der Waals surface area contributed by atoms with Crippen molar-refractivity contribution in [2.24, 2.45) is 0 Å². The lowest BCUT2D eigenvalue weighted by molar-refractivity contribution is -0.118. The fraction of sp³-hybridized carbons (Fsp3) is 0.375. The molecule has 1 saturated heterocycles. The summed E-state index contributed by atoms with van der Waals surface area (Å²) < 4.78 is 5.27. The Morgan fingerprint density at radius 1 is 1.29 bits per heavy atom. The van der Waals surface area contributed by atoms with Crippen LogP contribution in [-0.2, 0) is 16.0 Å². The van der Waals surface area contributed by atoms with Crippen molar-refractivity contribution in [1.29, 1.82) is 0 Å². The van der Waals surface area contributed by atoms with Gasteiger partial charge in [0.05, 0.1) is 29.8 Å². The normalized spacial score (nSPS) is 15.4. The van der Waals surface area contributed by atoms with E-state index in [1.807, 2.05) is 12.1 Å². The summed E-state index contributed by atoms with van der Waals surface area (Å²) in [5.74, 6) is -0.0488. The van der Waals surface area contributed by atoms with Gasteiger partial charge in [0.1, 0.15) is 0 Å². The van der Waals surface area contributed by atoms with Crippen molar-refractivity contribution >= 4 is 45.6 Å². The van der Waals surface area contributed by atoms with E-state index in [-0.39, 0.29) is 5.91 Å². The highest BCUT2D eigenvalue weighted by Crippen LogP contribution is 2.26. The lowest BCUT2D eigenvalue weighted by Gasteiger charge is -2.25. The minimum atomic E-state index is -0.0488. The zero-order valence-electron chi connectivity index (χ0n) is 12.9. The Hall–Kier alpha value is -1.18. The minimum absolute atomic E-state index is 0.0488. The molecule has 0 radical (unpaired) electrons. The Kier molecular flexibility index (Phi) is 6.08. The van der Waals surface area contributed by atoms with Gasteiger partial charge in [0.25, 0.3) is 0 Å². The summed E-state index contributed by atoms with van der Waals surface area (Å²) in [6.45, 7) is 3.30. The van der Waals surface area contributed by atoms with Crippen molar-refractivity contribution in [3.63, 3.8) is 0 Å². The van der Waals surface area contributed by atoms with E-state index < -0.39 is 0 Å². The first-order valence-corrected chi connectivity index (χ1v) is 9.16. The first-order valence-electron chi connectivity index (χ1n) is 7.59. The highest BCUT2D eigenvalue weighted by molar-refractivity contribution is 7.15. The number of ether oxygens (including phenoxy) is 1. The highest BCUT2D eigenvalue weighted by Gasteiger charge is 2.15. The van der Waals surface area contributed by atoms with Crippen LogP contribution in [0.15, 0.2) is 24.4 Å². The molecule has 1 aromatic carbocycles. The van der Waals surface area contributed by atoms with E-state index in [9.17, 15) is 4.79 Å². The molecular formula is C16H17Cl2N3O2S. The van der Waals surface area contributed by atoms with Crippen LogP contribution in [-0.4, -0.2) is 48.6 Å². The number of nitrogens with zero attached hydrogens (tertiary/aromatic N) is 2. The lowest BCUT2D eigenvalue weighted by Crippen LogP contribution is -2.41. The van der Waals surface area contributed by atoms with Gasteiger partial charge in [-0.15, -0.1) is 11.3 Å². The fourth-order valence-corrected chi connectivity index (χ4v) is 3.60. The van der Waals surface area contributed by atoms with Crippen molar-refractivity contribution < 1.29 is 9.53 Å². The van der Waals surface area contributed by atoms with Crippen LogP contribution in [0.25, 0.3) is 0 Å². The van der Waals surface area contributed by atoms with E-state index in [0.717, 1.165) is 23.5 Å². The molecule has 5 nitrogen and oxygen atoms in total. The maximum absolute atomic E-state index is 12.1. The van der Waals surface area contributed by atoms with Crippen molar-refractivity contribution in [3.05, 3.63) is 44.9 Å². The topological polar surface area (TPSA) is 54.5 Å². The Labute approximate surface area is 154 Å². The smallest absolute Gasteiger partial charge is 0.240 e. The van der Waals surface area contributed by atoms with Crippen molar-refractivity contribution in [2.75, 3.05) is 38.2 Å². The van der Waals surface area contributed by atoms with Crippen LogP contribution < -0.4 is 5.32 Å². The quantitative estimate of drug-likeness (QED) is 0.857. The molecular weight excluding hydrogens is 369 g/mol. The molecule has 1 aliphatic heterocycles. The molecule has 0 unspecified atom stereocenters. The van der Waals surface area contributed by atoms with Crippen LogP contribution in [0, 0.1) is 0 Å². The van der Waals surface area contributed by atoms with Gasteiger partial charge in [-0.1, -0.05) is 29.3 Å². The van der Waals surface area contributed by atoms with Crippen LogP contribution in [0.4, 0.5) is 5.13 Å². The molecule has 0 atom stereocenters. The third kappa shape index (κ3) is 4.91. The zero-order valence-corrected chi connectivity index (χ0v) is 15.3. The van der Waals surface area contributed by atoms with Gasteiger partial charge >= 0.3 is 0 Å². The summed E-state index contributed by atoms with van der Waals surface area (Å²) in [4.78, 5) is 19.5. The Morgan fingerprint density at radius 2 is 2.08 bits per heavy atom. The number of amides is 1. The van der Waals surface area contributed by atoms with Gasteiger partial charge in [0.15, 0.2) is 5.13 Å². The first kappa shape index (κ1) is 17.6. The number of thiazole rings is 1. The van der Waals surface area contributed by atoms with Gasteiger partial charge < -0.3 is 10.1 Å². The first-order chi connectivity index (χ1) is 11.6. The molecule has 1 aliphatic rings. The molecule has 1 aromatic heterocycles. The number of hydrogen-bond acceptors (Lipinski definition) is 5. The molecule has 2 heterocycles. The van der Waals surface area contributed by atoms with Gasteiger partial charge in [0.2, 0.25) is 5.91 Å². The van der Waals surface area contributed by atoms with E-state index in [1.54, 1.807) is 12.3 Å². The average Bonchev–Trinajstić information content (AvgIpc) is 2.98. The molecule has 8 heteroatoms. The van der Waals surface area contributed by atoms with Crippen LogP contribution in [0.2, 0.25) is 10.0 Å². The number of benzene rings is 1. The van der Waals surface area contributed by atoms with Gasteiger partial charge in [-0.05, 0) is 17.7 Å². The largest absolute Gasteiger partial charge is 0.379 e. The van der Waals surface area contributed by atoms with E-state index in [0.29, 0.717) is 41.4 Å². The molecule has 24 heavy (non-hydrogen) atoms. The number of aromatic nitrogens is 1. The molecule has 1 amide bonds. The second-order valence-electron chi connectivity index (χ2n) is 5.49. The second kappa shape index (κ2) is 8.27. The predicted octanol–water partition coefficient (Wildman–Crippen LogP) is 3.31. The number of hydrogen-bond donors (Lipinski definition) is 1. The molecule has 0 aliphatic carbocycles. The Balaban J connectivity index is 1.54. The summed E-state index contributed by atoms with van der Waals surface area (Å²) in [5.41, 5.74) is 1.05. The Morgan fingerprint density at radius 3 is 2.83 bits per heavy atom. The summed E-state index contributed by atoms with van der Waals surface area (Å²) in [6, 6.07) is 5.57. The monoisotopic (exact) mass is 385 g/mol. The number of anilines is 1. The SMILES string of the molecule is O=C(CN1CCOCC1)Nc1ncc(Cc2ccc(Cl)c(Cl)c2)s1. The Bertz CT molecular complexity index is 717. The fourth-order valence-electron chi connectivity index (χ4n) is 2.42. The number of carbonyl (C=O) groups excluding carboxylic acids is 1.